The van der Waals surface area contributed by atoms with Crippen molar-refractivity contribution in [1.82, 2.24) is 0 Å². The molecule has 1 atom stereocenters. The van der Waals surface area contributed by atoms with Gasteiger partial charge < -0.3 is 4.74 Å². The summed E-state index contributed by atoms with van der Waals surface area (Å²) in [7, 11) is 0. The third-order valence-corrected chi connectivity index (χ3v) is 4.84. The highest BCUT2D eigenvalue weighted by molar-refractivity contribution is 4.99. The molecule has 4 bridgehead atoms. The topological polar surface area (TPSA) is 9.23 Å². The van der Waals surface area contributed by atoms with Crippen LogP contribution in [0.25, 0.3) is 0 Å². The van der Waals surface area contributed by atoms with Crippen LogP contribution in [0.2, 0.25) is 0 Å². The lowest BCUT2D eigenvalue weighted by Gasteiger charge is -2.54. The van der Waals surface area contributed by atoms with Crippen molar-refractivity contribution in [3.63, 3.8) is 0 Å². The van der Waals surface area contributed by atoms with Gasteiger partial charge in [-0.25, -0.2) is 0 Å². The highest BCUT2D eigenvalue weighted by atomic mass is 16.5. The maximum absolute atomic E-state index is 6.16. The third kappa shape index (κ3) is 1.65. The van der Waals surface area contributed by atoms with E-state index >= 15 is 0 Å². The molecule has 0 aromatic rings. The molecule has 0 amide bonds. The zero-order valence-electron chi connectivity index (χ0n) is 9.69. The summed E-state index contributed by atoms with van der Waals surface area (Å²) in [4.78, 5) is 0. The maximum Gasteiger partial charge on any atom is 0.0729 e. The van der Waals surface area contributed by atoms with Gasteiger partial charge in [0.1, 0.15) is 0 Å². The average molecular weight is 206 g/mol. The Labute approximate surface area is 92.9 Å². The number of hydrogen-bond acceptors (Lipinski definition) is 1. The summed E-state index contributed by atoms with van der Waals surface area (Å²) in [5.74, 6) is 3.85. The average Bonchev–Trinajstić information content (AvgIpc) is 2.22. The van der Waals surface area contributed by atoms with E-state index in [1.165, 1.54) is 32.1 Å². The van der Waals surface area contributed by atoms with Crippen LogP contribution in [0.3, 0.4) is 0 Å². The second-order valence-electron chi connectivity index (χ2n) is 5.97. The van der Waals surface area contributed by atoms with Crippen LogP contribution in [0.1, 0.15) is 39.0 Å². The van der Waals surface area contributed by atoms with Crippen LogP contribution in [0.4, 0.5) is 0 Å². The molecule has 4 saturated carbocycles. The normalized spacial score (nSPS) is 49.3. The lowest BCUT2D eigenvalue weighted by Crippen LogP contribution is -2.50. The van der Waals surface area contributed by atoms with Crippen molar-refractivity contribution in [2.45, 2.75) is 51.2 Å². The fraction of sp³-hybridized carbons (Fsp3) is 0.857. The molecule has 4 aliphatic carbocycles. The number of hydrogen-bond donors (Lipinski definition) is 0. The van der Waals surface area contributed by atoms with E-state index in [9.17, 15) is 0 Å². The van der Waals surface area contributed by atoms with E-state index in [-0.39, 0.29) is 6.10 Å². The molecule has 0 spiro atoms. The summed E-state index contributed by atoms with van der Waals surface area (Å²) in [6.07, 6.45) is 10.0. The lowest BCUT2D eigenvalue weighted by molar-refractivity contribution is -0.137. The van der Waals surface area contributed by atoms with Gasteiger partial charge in [-0.2, -0.15) is 0 Å². The van der Waals surface area contributed by atoms with Gasteiger partial charge in [0.2, 0.25) is 0 Å². The summed E-state index contributed by atoms with van der Waals surface area (Å²) < 4.78 is 6.16. The molecule has 84 valence electrons. The van der Waals surface area contributed by atoms with Gasteiger partial charge in [-0.05, 0) is 62.7 Å². The van der Waals surface area contributed by atoms with Gasteiger partial charge in [0.25, 0.3) is 0 Å². The Morgan fingerprint density at radius 3 is 2.07 bits per heavy atom. The van der Waals surface area contributed by atoms with E-state index in [0.29, 0.717) is 6.10 Å². The number of rotatable bonds is 3. The highest BCUT2D eigenvalue weighted by Crippen LogP contribution is 2.54. The predicted molar refractivity (Wildman–Crippen MR) is 61.6 cm³/mol. The molecule has 0 radical (unpaired) electrons. The summed E-state index contributed by atoms with van der Waals surface area (Å²) in [6.45, 7) is 5.94. The molecule has 0 aromatic carbocycles. The Morgan fingerprint density at radius 1 is 1.07 bits per heavy atom. The van der Waals surface area contributed by atoms with Crippen molar-refractivity contribution in [3.05, 3.63) is 12.7 Å². The van der Waals surface area contributed by atoms with E-state index in [2.05, 4.69) is 13.5 Å². The van der Waals surface area contributed by atoms with Crippen molar-refractivity contribution in [2.24, 2.45) is 23.7 Å². The van der Waals surface area contributed by atoms with Crippen LogP contribution < -0.4 is 0 Å². The Kier molecular flexibility index (Phi) is 2.39. The van der Waals surface area contributed by atoms with Crippen molar-refractivity contribution >= 4 is 0 Å². The Hall–Kier alpha value is -0.300. The zero-order chi connectivity index (χ0) is 10.4. The molecule has 15 heavy (non-hydrogen) atoms. The molecule has 4 aliphatic rings. The molecule has 0 heterocycles. The maximum atomic E-state index is 6.16. The number of ether oxygens (including phenoxy) is 1. The van der Waals surface area contributed by atoms with Gasteiger partial charge in [0, 0.05) is 0 Å². The Morgan fingerprint density at radius 2 is 1.60 bits per heavy atom. The van der Waals surface area contributed by atoms with Gasteiger partial charge in [-0.3, -0.25) is 0 Å². The zero-order valence-corrected chi connectivity index (χ0v) is 9.69. The van der Waals surface area contributed by atoms with Crippen LogP contribution in [0.15, 0.2) is 12.7 Å². The molecular formula is C14H22O. The Balaban J connectivity index is 1.72. The largest absolute Gasteiger partial charge is 0.371 e. The van der Waals surface area contributed by atoms with Gasteiger partial charge in [-0.15, -0.1) is 6.58 Å². The van der Waals surface area contributed by atoms with Crippen LogP contribution >= 0.6 is 0 Å². The van der Waals surface area contributed by atoms with E-state index in [0.717, 1.165) is 23.7 Å². The minimum Gasteiger partial charge on any atom is -0.371 e. The molecule has 0 saturated heterocycles. The van der Waals surface area contributed by atoms with Crippen LogP contribution in [0, 0.1) is 23.7 Å². The van der Waals surface area contributed by atoms with Crippen molar-refractivity contribution in [1.29, 1.82) is 0 Å². The van der Waals surface area contributed by atoms with Crippen LogP contribution in [0.5, 0.6) is 0 Å². The quantitative estimate of drug-likeness (QED) is 0.643. The van der Waals surface area contributed by atoms with E-state index in [1.54, 1.807) is 0 Å². The minimum absolute atomic E-state index is 0.243. The molecule has 1 nitrogen and oxygen atoms in total. The molecule has 0 N–H and O–H groups in total. The smallest absolute Gasteiger partial charge is 0.0729 e. The highest BCUT2D eigenvalue weighted by Gasteiger charge is 2.48. The van der Waals surface area contributed by atoms with Crippen molar-refractivity contribution in [3.8, 4) is 0 Å². The van der Waals surface area contributed by atoms with Crippen LogP contribution in [-0.2, 0) is 4.74 Å². The first-order chi connectivity index (χ1) is 7.26. The standard InChI is InChI=1S/C14H22O/c1-3-9(2)15-14-12-5-10-4-11(7-12)8-13(14)6-10/h3,9-14H,1,4-8H2,2H3. The second kappa shape index (κ2) is 3.62. The van der Waals surface area contributed by atoms with E-state index < -0.39 is 0 Å². The first-order valence-corrected chi connectivity index (χ1v) is 6.54. The molecule has 0 aromatic heterocycles. The first kappa shape index (κ1) is 9.89. The minimum atomic E-state index is 0.243. The molecular weight excluding hydrogens is 184 g/mol. The molecule has 1 heteroatoms. The predicted octanol–water partition coefficient (Wildman–Crippen LogP) is 3.40. The van der Waals surface area contributed by atoms with Crippen molar-refractivity contribution < 1.29 is 4.74 Å². The van der Waals surface area contributed by atoms with Gasteiger partial charge in [-0.1, -0.05) is 6.08 Å². The third-order valence-electron chi connectivity index (χ3n) is 4.84. The molecule has 0 aliphatic heterocycles. The summed E-state index contributed by atoms with van der Waals surface area (Å²) in [5, 5.41) is 0. The fourth-order valence-corrected chi connectivity index (χ4v) is 4.40. The summed E-state index contributed by atoms with van der Waals surface area (Å²) >= 11 is 0. The molecule has 1 unspecified atom stereocenters. The van der Waals surface area contributed by atoms with E-state index in [4.69, 9.17) is 4.74 Å². The summed E-state index contributed by atoms with van der Waals surface area (Å²) in [6, 6.07) is 0. The Bertz CT molecular complexity index is 230. The van der Waals surface area contributed by atoms with Crippen molar-refractivity contribution in [2.75, 3.05) is 0 Å². The van der Waals surface area contributed by atoms with Gasteiger partial charge in [0.05, 0.1) is 12.2 Å². The first-order valence-electron chi connectivity index (χ1n) is 6.54. The molecule has 4 rings (SSSR count). The fourth-order valence-electron chi connectivity index (χ4n) is 4.40. The second-order valence-corrected chi connectivity index (χ2v) is 5.97. The van der Waals surface area contributed by atoms with Gasteiger partial charge >= 0.3 is 0 Å². The lowest BCUT2D eigenvalue weighted by atomic mass is 9.55. The SMILES string of the molecule is C=CC(C)OC1C2CC3CC(C2)CC1C3. The van der Waals surface area contributed by atoms with E-state index in [1.807, 2.05) is 6.08 Å². The van der Waals surface area contributed by atoms with Gasteiger partial charge in [0.15, 0.2) is 0 Å². The molecule has 4 fully saturated rings. The monoisotopic (exact) mass is 206 g/mol. The van der Waals surface area contributed by atoms with Crippen LogP contribution in [-0.4, -0.2) is 12.2 Å². The summed E-state index contributed by atoms with van der Waals surface area (Å²) in [5.41, 5.74) is 0.